The molecule has 0 bridgehead atoms. The maximum atomic E-state index is 13.9. The number of benzene rings is 2. The highest BCUT2D eigenvalue weighted by Gasteiger charge is 2.54. The molecule has 0 unspecified atom stereocenters. The van der Waals surface area contributed by atoms with E-state index in [2.05, 4.69) is 53.7 Å². The first-order valence-corrected chi connectivity index (χ1v) is 15.4. The van der Waals surface area contributed by atoms with E-state index in [0.717, 1.165) is 17.5 Å². The zero-order valence-corrected chi connectivity index (χ0v) is 22.0. The van der Waals surface area contributed by atoms with E-state index < -0.39 is 18.1 Å². The zero-order chi connectivity index (χ0) is 23.0. The molecule has 1 fully saturated rings. The number of sulfonamides is 1. The van der Waals surface area contributed by atoms with Crippen molar-refractivity contribution in [2.75, 3.05) is 6.54 Å². The maximum absolute atomic E-state index is 13.9. The Balaban J connectivity index is 2.11. The monoisotopic (exact) mass is 457 g/mol. The van der Waals surface area contributed by atoms with Crippen molar-refractivity contribution in [2.45, 2.75) is 88.0 Å². The Hall–Kier alpha value is -1.43. The fourth-order valence-corrected chi connectivity index (χ4v) is 16.4. The molecule has 2 aromatic carbocycles. The summed E-state index contributed by atoms with van der Waals surface area (Å²) in [5, 5.41) is 0. The minimum atomic E-state index is -3.57. The van der Waals surface area contributed by atoms with Crippen LogP contribution in [0.25, 0.3) is 0 Å². The van der Waals surface area contributed by atoms with E-state index in [-0.39, 0.29) is 6.04 Å². The second-order valence-corrected chi connectivity index (χ2v) is 18.4. The number of hydrogen-bond donors (Lipinski definition) is 0. The van der Waals surface area contributed by atoms with Crippen molar-refractivity contribution in [3.8, 4) is 0 Å². The molecule has 2 atom stereocenters. The number of rotatable bonds is 7. The molecule has 0 N–H and O–H groups in total. The van der Waals surface area contributed by atoms with Crippen molar-refractivity contribution in [3.63, 3.8) is 0 Å². The molecule has 170 valence electrons. The average molecular weight is 458 g/mol. The smallest absolute Gasteiger partial charge is 0.207 e. The minimum absolute atomic E-state index is 0.0966. The van der Waals surface area contributed by atoms with Crippen LogP contribution in [0.15, 0.2) is 59.5 Å². The normalized spacial score (nSPS) is 20.8. The molecule has 0 aliphatic carbocycles. The Morgan fingerprint density at radius 2 is 1.35 bits per heavy atom. The lowest BCUT2D eigenvalue weighted by Crippen LogP contribution is -2.49. The van der Waals surface area contributed by atoms with Gasteiger partial charge in [-0.25, -0.2) is 8.42 Å². The summed E-state index contributed by atoms with van der Waals surface area (Å²) in [4.78, 5) is 0.408. The number of hydrogen-bond acceptors (Lipinski definition) is 2. The van der Waals surface area contributed by atoms with E-state index in [9.17, 15) is 8.42 Å². The summed E-state index contributed by atoms with van der Waals surface area (Å²) < 4.78 is 29.5. The number of aryl methyl sites for hydroxylation is 1. The van der Waals surface area contributed by atoms with Gasteiger partial charge in [0.2, 0.25) is 10.0 Å². The summed E-state index contributed by atoms with van der Waals surface area (Å²) in [5.74, 6) is 0. The Kier molecular flexibility index (Phi) is 7.19. The minimum Gasteiger partial charge on any atom is -0.207 e. The van der Waals surface area contributed by atoms with Crippen molar-refractivity contribution in [1.29, 1.82) is 0 Å². The Bertz CT molecular complexity index is 946. The molecular weight excluding hydrogens is 418 g/mol. The predicted molar refractivity (Wildman–Crippen MR) is 134 cm³/mol. The van der Waals surface area contributed by atoms with Crippen LogP contribution in [0.3, 0.4) is 0 Å². The highest BCUT2D eigenvalue weighted by Crippen LogP contribution is 2.56. The van der Waals surface area contributed by atoms with Crippen LogP contribution in [0.2, 0.25) is 22.2 Å². The van der Waals surface area contributed by atoms with E-state index in [1.165, 1.54) is 0 Å². The molecule has 0 amide bonds. The molecule has 3 rings (SSSR count). The lowest BCUT2D eigenvalue weighted by atomic mass is 10.1. The molecular formula is C26H39NO2SSi. The van der Waals surface area contributed by atoms with Crippen molar-refractivity contribution < 1.29 is 8.42 Å². The zero-order valence-electron chi connectivity index (χ0n) is 20.2. The summed E-state index contributed by atoms with van der Waals surface area (Å²) in [5.41, 5.74) is 4.45. The van der Waals surface area contributed by atoms with Gasteiger partial charge in [0.05, 0.1) is 19.0 Å². The SMILES string of the molecule is Cc1ccc(S(=O)(=O)N2C[C@@H]([Si](C(C)C)(C(C)C)C(C)C)C[C@H]2c2ccccc2)cc1. The molecule has 5 heteroatoms. The van der Waals surface area contributed by atoms with E-state index in [4.69, 9.17) is 0 Å². The highest BCUT2D eigenvalue weighted by atomic mass is 32.2. The first-order valence-electron chi connectivity index (χ1n) is 11.7. The molecule has 0 aromatic heterocycles. The van der Waals surface area contributed by atoms with Crippen LogP contribution in [-0.4, -0.2) is 27.3 Å². The molecule has 31 heavy (non-hydrogen) atoms. The van der Waals surface area contributed by atoms with Crippen LogP contribution in [-0.2, 0) is 10.0 Å². The predicted octanol–water partition coefficient (Wildman–Crippen LogP) is 7.18. The van der Waals surface area contributed by atoms with Gasteiger partial charge in [-0.15, -0.1) is 0 Å². The molecule has 1 aliphatic rings. The van der Waals surface area contributed by atoms with Crippen molar-refractivity contribution in [3.05, 3.63) is 65.7 Å². The summed E-state index contributed by atoms with van der Waals surface area (Å²) in [6.07, 6.45) is 0.926. The molecule has 2 aromatic rings. The summed E-state index contributed by atoms with van der Waals surface area (Å²) in [7, 11) is -5.37. The van der Waals surface area contributed by atoms with Gasteiger partial charge in [0.1, 0.15) is 0 Å². The second-order valence-electron chi connectivity index (χ2n) is 10.2. The second kappa shape index (κ2) is 9.20. The van der Waals surface area contributed by atoms with Crippen molar-refractivity contribution >= 4 is 18.1 Å². The quantitative estimate of drug-likeness (QED) is 0.413. The standard InChI is InChI=1S/C26H39NO2SSi/c1-19(2)31(20(3)4,21(5)6)25-17-26(23-11-9-8-10-12-23)27(18-25)30(28,29)24-15-13-22(7)14-16-24/h8-16,19-21,25-26H,17-18H2,1-7H3/t25-,26-/m0/s1. The van der Waals surface area contributed by atoms with Gasteiger partial charge in [-0.2, -0.15) is 4.31 Å². The highest BCUT2D eigenvalue weighted by molar-refractivity contribution is 7.89. The van der Waals surface area contributed by atoms with Crippen LogP contribution in [0, 0.1) is 6.92 Å². The molecule has 3 nitrogen and oxygen atoms in total. The number of nitrogens with zero attached hydrogens (tertiary/aromatic N) is 1. The molecule has 0 radical (unpaired) electrons. The maximum Gasteiger partial charge on any atom is 0.243 e. The lowest BCUT2D eigenvalue weighted by Gasteiger charge is -2.48. The van der Waals surface area contributed by atoms with Crippen LogP contribution in [0.1, 0.15) is 65.1 Å². The third-order valence-electron chi connectivity index (χ3n) is 7.77. The van der Waals surface area contributed by atoms with E-state index in [1.54, 1.807) is 12.1 Å². The molecule has 1 saturated heterocycles. The van der Waals surface area contributed by atoms with Gasteiger partial charge in [-0.3, -0.25) is 0 Å². The van der Waals surface area contributed by atoms with Gasteiger partial charge in [0.15, 0.2) is 0 Å². The first-order chi connectivity index (χ1) is 14.5. The largest absolute Gasteiger partial charge is 0.243 e. The van der Waals surface area contributed by atoms with Crippen LogP contribution >= 0.6 is 0 Å². The van der Waals surface area contributed by atoms with Crippen LogP contribution in [0.5, 0.6) is 0 Å². The summed E-state index contributed by atoms with van der Waals surface area (Å²) >= 11 is 0. The molecule has 0 saturated carbocycles. The first kappa shape index (κ1) is 24.2. The summed E-state index contributed by atoms with van der Waals surface area (Å²) in [6, 6.07) is 17.5. The van der Waals surface area contributed by atoms with Crippen LogP contribution < -0.4 is 0 Å². The summed E-state index contributed by atoms with van der Waals surface area (Å²) in [6.45, 7) is 16.9. The Morgan fingerprint density at radius 1 is 0.839 bits per heavy atom. The van der Waals surface area contributed by atoms with Gasteiger partial charge in [0, 0.05) is 6.54 Å². The van der Waals surface area contributed by atoms with Crippen molar-refractivity contribution in [2.24, 2.45) is 0 Å². The molecule has 1 heterocycles. The van der Waals surface area contributed by atoms with Crippen LogP contribution in [0.4, 0.5) is 0 Å². The van der Waals surface area contributed by atoms with Gasteiger partial charge in [-0.1, -0.05) is 106 Å². The fourth-order valence-electron chi connectivity index (χ4n) is 6.67. The van der Waals surface area contributed by atoms with Gasteiger partial charge < -0.3 is 0 Å². The van der Waals surface area contributed by atoms with E-state index in [1.807, 2.05) is 41.6 Å². The Labute approximate surface area is 190 Å². The fraction of sp³-hybridized carbons (Fsp3) is 0.538. The molecule has 0 spiro atoms. The van der Waals surface area contributed by atoms with Gasteiger partial charge in [-0.05, 0) is 36.6 Å². The third kappa shape index (κ3) is 4.29. The van der Waals surface area contributed by atoms with Gasteiger partial charge >= 0.3 is 0 Å². The van der Waals surface area contributed by atoms with Crippen molar-refractivity contribution in [1.82, 2.24) is 4.31 Å². The lowest BCUT2D eigenvalue weighted by molar-refractivity contribution is 0.396. The average Bonchev–Trinajstić information content (AvgIpc) is 3.15. The topological polar surface area (TPSA) is 37.4 Å². The van der Waals surface area contributed by atoms with Gasteiger partial charge in [0.25, 0.3) is 0 Å². The third-order valence-corrected chi connectivity index (χ3v) is 17.5. The van der Waals surface area contributed by atoms with E-state index >= 15 is 0 Å². The molecule has 1 aliphatic heterocycles. The van der Waals surface area contributed by atoms with E-state index in [0.29, 0.717) is 33.6 Å². The Morgan fingerprint density at radius 3 is 1.84 bits per heavy atom.